The molecule has 0 aliphatic carbocycles. The number of nitrogens with zero attached hydrogens (tertiary/aromatic N) is 1. The summed E-state index contributed by atoms with van der Waals surface area (Å²) < 4.78 is 64.1. The summed E-state index contributed by atoms with van der Waals surface area (Å²) in [4.78, 5) is 3.23. The molecule has 4 N–H and O–H groups in total. The van der Waals surface area contributed by atoms with Gasteiger partial charge >= 0.3 is 6.36 Å². The first-order valence-corrected chi connectivity index (χ1v) is 4.28. The summed E-state index contributed by atoms with van der Waals surface area (Å²) in [5.41, 5.74) is 9.05. The third kappa shape index (κ3) is 3.41. The van der Waals surface area contributed by atoms with Crippen LogP contribution in [0.1, 0.15) is 17.7 Å². The van der Waals surface area contributed by atoms with Crippen LogP contribution in [0.25, 0.3) is 0 Å². The second-order valence-corrected chi connectivity index (χ2v) is 2.97. The SMILES string of the molecule is NCc1nc(OC(F)(F)F)c(C(F)F)cc1N. The normalized spacial score (nSPS) is 11.9. The first kappa shape index (κ1) is 13.4. The average Bonchev–Trinajstić information content (AvgIpc) is 2.17. The largest absolute Gasteiger partial charge is 0.574 e. The molecule has 0 spiro atoms. The van der Waals surface area contributed by atoms with Crippen LogP contribution < -0.4 is 16.2 Å². The number of ether oxygens (including phenoxy) is 1. The van der Waals surface area contributed by atoms with Crippen molar-refractivity contribution in [3.63, 3.8) is 0 Å². The summed E-state index contributed by atoms with van der Waals surface area (Å²) in [5, 5.41) is 0. The lowest BCUT2D eigenvalue weighted by molar-refractivity contribution is -0.276. The molecular formula is C8H8F5N3O. The van der Waals surface area contributed by atoms with E-state index in [0.29, 0.717) is 6.07 Å². The third-order valence-corrected chi connectivity index (χ3v) is 1.77. The summed E-state index contributed by atoms with van der Waals surface area (Å²) in [6.07, 6.45) is -8.30. The quantitative estimate of drug-likeness (QED) is 0.812. The lowest BCUT2D eigenvalue weighted by Gasteiger charge is -2.14. The van der Waals surface area contributed by atoms with Crippen LogP contribution in [-0.2, 0) is 6.54 Å². The number of anilines is 1. The zero-order valence-electron chi connectivity index (χ0n) is 8.26. The molecule has 1 heterocycles. The summed E-state index contributed by atoms with van der Waals surface area (Å²) in [6, 6.07) is 0.668. The van der Waals surface area contributed by atoms with Gasteiger partial charge in [0.15, 0.2) is 0 Å². The number of nitrogen functional groups attached to an aromatic ring is 1. The van der Waals surface area contributed by atoms with E-state index in [4.69, 9.17) is 11.5 Å². The average molecular weight is 257 g/mol. The minimum Gasteiger partial charge on any atom is -0.397 e. The van der Waals surface area contributed by atoms with Crippen molar-refractivity contribution in [1.29, 1.82) is 0 Å². The summed E-state index contributed by atoms with van der Waals surface area (Å²) in [7, 11) is 0. The number of pyridine rings is 1. The van der Waals surface area contributed by atoms with Gasteiger partial charge in [-0.15, -0.1) is 13.2 Å². The van der Waals surface area contributed by atoms with Gasteiger partial charge in [0, 0.05) is 6.54 Å². The van der Waals surface area contributed by atoms with E-state index in [9.17, 15) is 22.0 Å². The molecular weight excluding hydrogens is 249 g/mol. The molecule has 0 radical (unpaired) electrons. The van der Waals surface area contributed by atoms with E-state index in [2.05, 4.69) is 9.72 Å². The van der Waals surface area contributed by atoms with Gasteiger partial charge in [-0.2, -0.15) is 0 Å². The molecule has 0 aromatic carbocycles. The number of aromatic nitrogens is 1. The van der Waals surface area contributed by atoms with E-state index in [1.165, 1.54) is 0 Å². The molecule has 0 bridgehead atoms. The Morgan fingerprint density at radius 1 is 1.35 bits per heavy atom. The molecule has 0 fully saturated rings. The second-order valence-electron chi connectivity index (χ2n) is 2.97. The molecule has 0 aliphatic heterocycles. The lowest BCUT2D eigenvalue weighted by atomic mass is 10.2. The molecule has 1 aromatic rings. The van der Waals surface area contributed by atoms with Crippen molar-refractivity contribution < 1.29 is 26.7 Å². The number of alkyl halides is 5. The molecule has 0 amide bonds. The number of nitrogens with two attached hydrogens (primary N) is 2. The van der Waals surface area contributed by atoms with E-state index >= 15 is 0 Å². The van der Waals surface area contributed by atoms with Gasteiger partial charge in [0.05, 0.1) is 16.9 Å². The molecule has 0 unspecified atom stereocenters. The van der Waals surface area contributed by atoms with E-state index in [0.717, 1.165) is 0 Å². The molecule has 96 valence electrons. The fraction of sp³-hybridized carbons (Fsp3) is 0.375. The minimum atomic E-state index is -5.11. The summed E-state index contributed by atoms with van der Waals surface area (Å²) >= 11 is 0. The number of rotatable bonds is 3. The van der Waals surface area contributed by atoms with Crippen LogP contribution in [0.15, 0.2) is 6.07 Å². The number of hydrogen-bond donors (Lipinski definition) is 2. The van der Waals surface area contributed by atoms with Gasteiger partial charge in [-0.1, -0.05) is 0 Å². The first-order valence-electron chi connectivity index (χ1n) is 4.28. The maximum absolute atomic E-state index is 12.4. The first-order chi connectivity index (χ1) is 7.74. The second kappa shape index (κ2) is 4.70. The van der Waals surface area contributed by atoms with Crippen molar-refractivity contribution in [1.82, 2.24) is 4.98 Å². The van der Waals surface area contributed by atoms with Crippen LogP contribution in [0.4, 0.5) is 27.6 Å². The topological polar surface area (TPSA) is 74.2 Å². The Bertz CT molecular complexity index is 407. The standard InChI is InChI=1S/C8H8F5N3O/c9-6(10)3-1-4(15)5(2-14)16-7(3)17-8(11,12)13/h1,6H,2,14-15H2. The van der Waals surface area contributed by atoms with Crippen molar-refractivity contribution in [3.8, 4) is 5.88 Å². The highest BCUT2D eigenvalue weighted by Gasteiger charge is 2.34. The molecule has 0 atom stereocenters. The zero-order valence-corrected chi connectivity index (χ0v) is 8.26. The highest BCUT2D eigenvalue weighted by atomic mass is 19.4. The van der Waals surface area contributed by atoms with Gasteiger partial charge in [-0.3, -0.25) is 0 Å². The van der Waals surface area contributed by atoms with Crippen molar-refractivity contribution in [2.75, 3.05) is 5.73 Å². The molecule has 0 aliphatic rings. The predicted octanol–water partition coefficient (Wildman–Crippen LogP) is 1.96. The predicted molar refractivity (Wildman–Crippen MR) is 48.2 cm³/mol. The van der Waals surface area contributed by atoms with Crippen molar-refractivity contribution in [2.24, 2.45) is 5.73 Å². The number of halogens is 5. The van der Waals surface area contributed by atoms with E-state index in [-0.39, 0.29) is 17.9 Å². The monoisotopic (exact) mass is 257 g/mol. The van der Waals surface area contributed by atoms with Crippen LogP contribution in [0.2, 0.25) is 0 Å². The van der Waals surface area contributed by atoms with Crippen LogP contribution in [0, 0.1) is 0 Å². The number of hydrogen-bond acceptors (Lipinski definition) is 4. The maximum atomic E-state index is 12.4. The Hall–Kier alpha value is -1.64. The Morgan fingerprint density at radius 3 is 2.35 bits per heavy atom. The Labute approximate surface area is 92.4 Å². The van der Waals surface area contributed by atoms with Gasteiger partial charge in [-0.05, 0) is 6.07 Å². The third-order valence-electron chi connectivity index (χ3n) is 1.77. The Balaban J connectivity index is 3.24. The van der Waals surface area contributed by atoms with Gasteiger partial charge in [0.1, 0.15) is 0 Å². The van der Waals surface area contributed by atoms with E-state index in [1.807, 2.05) is 0 Å². The van der Waals surface area contributed by atoms with Gasteiger partial charge < -0.3 is 16.2 Å². The van der Waals surface area contributed by atoms with Crippen LogP contribution >= 0.6 is 0 Å². The van der Waals surface area contributed by atoms with Crippen LogP contribution in [0.3, 0.4) is 0 Å². The minimum absolute atomic E-state index is 0.145. The highest BCUT2D eigenvalue weighted by Crippen LogP contribution is 2.33. The zero-order chi connectivity index (χ0) is 13.2. The molecule has 4 nitrogen and oxygen atoms in total. The molecule has 0 saturated carbocycles. The summed E-state index contributed by atoms with van der Waals surface area (Å²) in [6.45, 7) is -0.288. The fourth-order valence-electron chi connectivity index (χ4n) is 1.08. The van der Waals surface area contributed by atoms with Crippen LogP contribution in [0.5, 0.6) is 5.88 Å². The Kier molecular flexibility index (Phi) is 3.71. The van der Waals surface area contributed by atoms with Crippen molar-refractivity contribution >= 4 is 5.69 Å². The molecule has 1 aromatic heterocycles. The summed E-state index contributed by atoms with van der Waals surface area (Å²) in [5.74, 6) is -1.23. The van der Waals surface area contributed by atoms with Gasteiger partial charge in [-0.25, -0.2) is 13.8 Å². The van der Waals surface area contributed by atoms with E-state index in [1.54, 1.807) is 0 Å². The molecule has 17 heavy (non-hydrogen) atoms. The lowest BCUT2D eigenvalue weighted by Crippen LogP contribution is -2.20. The fourth-order valence-corrected chi connectivity index (χ4v) is 1.08. The van der Waals surface area contributed by atoms with Gasteiger partial charge in [0.25, 0.3) is 6.43 Å². The maximum Gasteiger partial charge on any atom is 0.574 e. The highest BCUT2D eigenvalue weighted by molar-refractivity contribution is 5.49. The van der Waals surface area contributed by atoms with E-state index < -0.39 is 24.2 Å². The molecule has 9 heteroatoms. The van der Waals surface area contributed by atoms with Gasteiger partial charge in [0.2, 0.25) is 5.88 Å². The molecule has 0 saturated heterocycles. The van der Waals surface area contributed by atoms with Crippen molar-refractivity contribution in [2.45, 2.75) is 19.3 Å². The van der Waals surface area contributed by atoms with Crippen molar-refractivity contribution in [3.05, 3.63) is 17.3 Å². The smallest absolute Gasteiger partial charge is 0.397 e. The molecule has 1 rings (SSSR count). The van der Waals surface area contributed by atoms with Crippen LogP contribution in [-0.4, -0.2) is 11.3 Å². The Morgan fingerprint density at radius 2 is 1.94 bits per heavy atom.